The summed E-state index contributed by atoms with van der Waals surface area (Å²) in [4.78, 5) is 27.3. The lowest BCUT2D eigenvalue weighted by molar-refractivity contribution is -0.144. The van der Waals surface area contributed by atoms with E-state index in [1.54, 1.807) is 0 Å². The number of hydrogen-bond acceptors (Lipinski definition) is 4. The summed E-state index contributed by atoms with van der Waals surface area (Å²) in [5, 5.41) is 0. The van der Waals surface area contributed by atoms with Gasteiger partial charge in [0.2, 0.25) is 0 Å². The Bertz CT molecular complexity index is 474. The second-order valence-corrected chi connectivity index (χ2v) is 4.13. The highest BCUT2D eigenvalue weighted by atomic mass is 79.9. The lowest BCUT2D eigenvalue weighted by Crippen LogP contribution is -2.29. The molecule has 1 aromatic heterocycles. The average molecular weight is 310 g/mol. The van der Waals surface area contributed by atoms with E-state index in [4.69, 9.17) is 0 Å². The van der Waals surface area contributed by atoms with Crippen molar-refractivity contribution in [1.29, 1.82) is 0 Å². The van der Waals surface area contributed by atoms with Crippen molar-refractivity contribution in [2.45, 2.75) is 18.9 Å². The van der Waals surface area contributed by atoms with Gasteiger partial charge in [-0.1, -0.05) is 0 Å². The largest absolute Gasteiger partial charge is 0.467 e. The monoisotopic (exact) mass is 308 g/mol. The maximum Gasteiger partial charge on any atom is 0.329 e. The van der Waals surface area contributed by atoms with E-state index in [0.717, 1.165) is 0 Å². The van der Waals surface area contributed by atoms with Gasteiger partial charge in [0.25, 0.3) is 5.56 Å². The summed E-state index contributed by atoms with van der Waals surface area (Å²) in [7, 11) is 1.32. The normalized spacial score (nSPS) is 17.5. The lowest BCUT2D eigenvalue weighted by atomic mass is 10.2. The van der Waals surface area contributed by atoms with Crippen LogP contribution in [-0.4, -0.2) is 22.6 Å². The highest BCUT2D eigenvalue weighted by molar-refractivity contribution is 9.10. The number of ether oxygens (including phenoxy) is 1. The van der Waals surface area contributed by atoms with Crippen LogP contribution in [0.25, 0.3) is 0 Å². The van der Waals surface area contributed by atoms with Gasteiger partial charge in [-0.05, 0) is 22.4 Å². The Hall–Kier alpha value is -0.880. The quantitative estimate of drug-likeness (QED) is 0.729. The van der Waals surface area contributed by atoms with Crippen LogP contribution in [0, 0.1) is 0 Å². The van der Waals surface area contributed by atoms with Gasteiger partial charge >= 0.3 is 5.97 Å². The summed E-state index contributed by atoms with van der Waals surface area (Å²) in [6, 6.07) is -0.525. The SMILES string of the molecule is COC(=O)[C@@H]1CCc2ncc(Br)c(=O)n21.Cl. The molecule has 0 aromatic carbocycles. The molecule has 2 heterocycles. The minimum atomic E-state index is -0.525. The molecule has 0 unspecified atom stereocenters. The van der Waals surface area contributed by atoms with E-state index in [9.17, 15) is 9.59 Å². The van der Waals surface area contributed by atoms with Crippen LogP contribution in [0.1, 0.15) is 18.3 Å². The van der Waals surface area contributed by atoms with E-state index in [-0.39, 0.29) is 18.0 Å². The smallest absolute Gasteiger partial charge is 0.329 e. The van der Waals surface area contributed by atoms with Crippen LogP contribution in [0.4, 0.5) is 0 Å². The number of rotatable bonds is 1. The summed E-state index contributed by atoms with van der Waals surface area (Å²) in [6.45, 7) is 0. The third-order valence-corrected chi connectivity index (χ3v) is 3.00. The zero-order valence-electron chi connectivity index (χ0n) is 8.47. The Morgan fingerprint density at radius 2 is 2.38 bits per heavy atom. The Morgan fingerprint density at radius 1 is 1.69 bits per heavy atom. The zero-order chi connectivity index (χ0) is 11.0. The molecule has 1 aliphatic heterocycles. The number of hydrogen-bond donors (Lipinski definition) is 0. The zero-order valence-corrected chi connectivity index (χ0v) is 10.9. The minimum absolute atomic E-state index is 0. The number of fused-ring (bicyclic) bond motifs is 1. The number of nitrogens with zero attached hydrogens (tertiary/aromatic N) is 2. The van der Waals surface area contributed by atoms with Crippen molar-refractivity contribution in [3.8, 4) is 0 Å². The van der Waals surface area contributed by atoms with Gasteiger partial charge in [-0.3, -0.25) is 9.36 Å². The first-order chi connectivity index (χ1) is 7.15. The molecule has 2 rings (SSSR count). The van der Waals surface area contributed by atoms with E-state index in [1.165, 1.54) is 17.9 Å². The highest BCUT2D eigenvalue weighted by Gasteiger charge is 2.31. The fourth-order valence-corrected chi connectivity index (χ4v) is 2.03. The molecule has 88 valence electrons. The van der Waals surface area contributed by atoms with Crippen LogP contribution >= 0.6 is 28.3 Å². The van der Waals surface area contributed by atoms with Gasteiger partial charge in [0, 0.05) is 12.6 Å². The van der Waals surface area contributed by atoms with Crippen LogP contribution in [0.2, 0.25) is 0 Å². The minimum Gasteiger partial charge on any atom is -0.467 e. The maximum atomic E-state index is 11.8. The summed E-state index contributed by atoms with van der Waals surface area (Å²) in [6.07, 6.45) is 2.67. The van der Waals surface area contributed by atoms with Gasteiger partial charge < -0.3 is 4.74 Å². The van der Waals surface area contributed by atoms with Crippen LogP contribution in [0.15, 0.2) is 15.5 Å². The molecule has 1 aromatic rings. The first-order valence-corrected chi connectivity index (χ1v) is 5.28. The third-order valence-electron chi connectivity index (χ3n) is 2.45. The average Bonchev–Trinajstić information content (AvgIpc) is 2.67. The van der Waals surface area contributed by atoms with Crippen molar-refractivity contribution in [3.05, 3.63) is 26.8 Å². The molecule has 1 atom stereocenters. The van der Waals surface area contributed by atoms with Crippen LogP contribution in [0.5, 0.6) is 0 Å². The van der Waals surface area contributed by atoms with Gasteiger partial charge in [-0.25, -0.2) is 9.78 Å². The van der Waals surface area contributed by atoms with Crippen molar-refractivity contribution in [2.75, 3.05) is 7.11 Å². The molecule has 0 amide bonds. The number of methoxy groups -OCH3 is 1. The van der Waals surface area contributed by atoms with Crippen molar-refractivity contribution in [1.82, 2.24) is 9.55 Å². The fourth-order valence-electron chi connectivity index (χ4n) is 1.74. The van der Waals surface area contributed by atoms with Crippen molar-refractivity contribution in [2.24, 2.45) is 0 Å². The second-order valence-electron chi connectivity index (χ2n) is 3.28. The van der Waals surface area contributed by atoms with Crippen LogP contribution < -0.4 is 5.56 Å². The Kier molecular flexibility index (Phi) is 4.09. The second kappa shape index (κ2) is 4.97. The molecule has 0 spiro atoms. The predicted octanol–water partition coefficient (Wildman–Crippen LogP) is 1.09. The van der Waals surface area contributed by atoms with Crippen LogP contribution in [0.3, 0.4) is 0 Å². The molecule has 16 heavy (non-hydrogen) atoms. The number of esters is 1. The molecular formula is C9H10BrClN2O3. The Balaban J connectivity index is 0.00000128. The van der Waals surface area contributed by atoms with Gasteiger partial charge in [-0.2, -0.15) is 0 Å². The van der Waals surface area contributed by atoms with Gasteiger partial charge in [0.05, 0.1) is 7.11 Å². The molecule has 1 aliphatic rings. The topological polar surface area (TPSA) is 61.2 Å². The maximum absolute atomic E-state index is 11.8. The van der Waals surface area contributed by atoms with Crippen molar-refractivity contribution >= 4 is 34.3 Å². The van der Waals surface area contributed by atoms with Gasteiger partial charge in [0.15, 0.2) is 0 Å². The molecule has 0 aliphatic carbocycles. The van der Waals surface area contributed by atoms with E-state index >= 15 is 0 Å². The molecule has 0 N–H and O–H groups in total. The van der Waals surface area contributed by atoms with E-state index in [1.807, 2.05) is 0 Å². The summed E-state index contributed by atoms with van der Waals surface area (Å²) in [5.74, 6) is 0.245. The molecule has 0 bridgehead atoms. The summed E-state index contributed by atoms with van der Waals surface area (Å²) in [5.41, 5.74) is -0.229. The molecule has 0 fully saturated rings. The lowest BCUT2D eigenvalue weighted by Gasteiger charge is -2.11. The van der Waals surface area contributed by atoms with E-state index in [0.29, 0.717) is 23.1 Å². The molecule has 0 saturated carbocycles. The standard InChI is InChI=1S/C9H9BrN2O3.ClH/c1-15-9(14)6-2-3-7-11-4-5(10)8(13)12(6)7;/h4,6H,2-3H2,1H3;1H/t6-;/m0./s1. The highest BCUT2D eigenvalue weighted by Crippen LogP contribution is 2.23. The number of carbonyl (C=O) groups is 1. The first kappa shape index (κ1) is 13.2. The summed E-state index contributed by atoms with van der Waals surface area (Å²) < 4.78 is 6.41. The molecule has 5 nitrogen and oxygen atoms in total. The number of carbonyl (C=O) groups excluding carboxylic acids is 1. The third kappa shape index (κ3) is 1.99. The Labute approximate surface area is 106 Å². The molecule has 7 heteroatoms. The van der Waals surface area contributed by atoms with Gasteiger partial charge in [-0.15, -0.1) is 12.4 Å². The molecular weight excluding hydrogens is 299 g/mol. The van der Waals surface area contributed by atoms with E-state index in [2.05, 4.69) is 25.7 Å². The van der Waals surface area contributed by atoms with Crippen LogP contribution in [-0.2, 0) is 16.0 Å². The number of aryl methyl sites for hydroxylation is 1. The number of halogens is 2. The fraction of sp³-hybridized carbons (Fsp3) is 0.444. The number of aromatic nitrogens is 2. The molecule has 0 saturated heterocycles. The van der Waals surface area contributed by atoms with Crippen molar-refractivity contribution in [3.63, 3.8) is 0 Å². The predicted molar refractivity (Wildman–Crippen MR) is 62.8 cm³/mol. The van der Waals surface area contributed by atoms with E-state index < -0.39 is 12.0 Å². The van der Waals surface area contributed by atoms with Gasteiger partial charge in [0.1, 0.15) is 16.3 Å². The van der Waals surface area contributed by atoms with Crippen molar-refractivity contribution < 1.29 is 9.53 Å². The summed E-state index contributed by atoms with van der Waals surface area (Å²) >= 11 is 3.10. The Morgan fingerprint density at radius 3 is 3.00 bits per heavy atom. The molecule has 0 radical (unpaired) electrons. The first-order valence-electron chi connectivity index (χ1n) is 4.49.